The Labute approximate surface area is 78.2 Å². The second kappa shape index (κ2) is 6.34. The third-order valence-electron chi connectivity index (χ3n) is 1.11. The van der Waals surface area contributed by atoms with Crippen molar-refractivity contribution >= 4 is 24.8 Å². The summed E-state index contributed by atoms with van der Waals surface area (Å²) in [6, 6.07) is 0.0335. The Morgan fingerprint density at radius 3 is 2.00 bits per heavy atom. The minimum atomic E-state index is 0. The fourth-order valence-corrected chi connectivity index (χ4v) is 0.546. The fourth-order valence-electron chi connectivity index (χ4n) is 0.546. The molecule has 1 heterocycles. The van der Waals surface area contributed by atoms with Crippen LogP contribution in [0.5, 0.6) is 0 Å². The molecule has 0 spiro atoms. The summed E-state index contributed by atoms with van der Waals surface area (Å²) >= 11 is 0. The van der Waals surface area contributed by atoms with Crippen LogP contribution in [0.15, 0.2) is 18.7 Å². The predicted octanol–water partition coefficient (Wildman–Crippen LogP) is 1.34. The van der Waals surface area contributed by atoms with Crippen LogP contribution < -0.4 is 5.73 Å². The van der Waals surface area contributed by atoms with E-state index in [9.17, 15) is 0 Å². The molecule has 0 aliphatic rings. The fraction of sp³-hybridized carbons (Fsp3) is 0.333. The van der Waals surface area contributed by atoms with Gasteiger partial charge in [-0.25, -0.2) is 9.97 Å². The highest BCUT2D eigenvalue weighted by Crippen LogP contribution is 2.02. The van der Waals surface area contributed by atoms with E-state index < -0.39 is 0 Å². The van der Waals surface area contributed by atoms with Gasteiger partial charge in [-0.3, -0.25) is 0 Å². The van der Waals surface area contributed by atoms with Crippen molar-refractivity contribution in [1.29, 1.82) is 0 Å². The normalized spacial score (nSPS) is 10.7. The Kier molecular flexibility index (Phi) is 7.62. The smallest absolute Gasteiger partial charge is 0.115 e. The van der Waals surface area contributed by atoms with E-state index in [-0.39, 0.29) is 30.9 Å². The summed E-state index contributed by atoms with van der Waals surface area (Å²) in [6.45, 7) is 1.90. The molecule has 5 heteroatoms. The summed E-state index contributed by atoms with van der Waals surface area (Å²) in [7, 11) is 0. The van der Waals surface area contributed by atoms with Gasteiger partial charge in [0.05, 0.1) is 0 Å². The zero-order valence-electron chi connectivity index (χ0n) is 6.10. The van der Waals surface area contributed by atoms with Crippen LogP contribution in [0.1, 0.15) is 18.5 Å². The number of hydrogen-bond donors (Lipinski definition) is 1. The van der Waals surface area contributed by atoms with Crippen molar-refractivity contribution in [3.05, 3.63) is 24.3 Å². The Hall–Kier alpha value is -0.380. The van der Waals surface area contributed by atoms with E-state index in [1.807, 2.05) is 6.92 Å². The minimum absolute atomic E-state index is 0. The van der Waals surface area contributed by atoms with E-state index >= 15 is 0 Å². The number of nitrogens with two attached hydrogens (primary N) is 1. The summed E-state index contributed by atoms with van der Waals surface area (Å²) < 4.78 is 0. The molecule has 0 saturated carbocycles. The molecular weight excluding hydrogens is 185 g/mol. The number of halogens is 2. The molecule has 0 fully saturated rings. The van der Waals surface area contributed by atoms with Crippen molar-refractivity contribution in [2.24, 2.45) is 5.73 Å². The first-order valence-corrected chi connectivity index (χ1v) is 2.81. The van der Waals surface area contributed by atoms with E-state index in [1.54, 1.807) is 12.4 Å². The number of rotatable bonds is 1. The molecule has 0 saturated heterocycles. The van der Waals surface area contributed by atoms with Gasteiger partial charge in [0.2, 0.25) is 0 Å². The van der Waals surface area contributed by atoms with Gasteiger partial charge in [-0.1, -0.05) is 0 Å². The molecular formula is C6H11Cl2N3. The van der Waals surface area contributed by atoms with E-state index in [2.05, 4.69) is 9.97 Å². The molecule has 1 aromatic heterocycles. The molecule has 1 atom stereocenters. The topological polar surface area (TPSA) is 51.8 Å². The third-order valence-corrected chi connectivity index (χ3v) is 1.11. The molecule has 0 radical (unpaired) electrons. The van der Waals surface area contributed by atoms with Crippen LogP contribution in [0.25, 0.3) is 0 Å². The molecule has 1 aromatic rings. The molecule has 0 unspecified atom stereocenters. The van der Waals surface area contributed by atoms with Crippen molar-refractivity contribution in [2.45, 2.75) is 13.0 Å². The molecule has 3 nitrogen and oxygen atoms in total. The SMILES string of the molecule is C[C@H](N)c1cncnc1.Cl.Cl. The summed E-state index contributed by atoms with van der Waals surface area (Å²) in [5, 5.41) is 0. The maximum atomic E-state index is 5.53. The monoisotopic (exact) mass is 195 g/mol. The van der Waals surface area contributed by atoms with Gasteiger partial charge in [0.25, 0.3) is 0 Å². The second-order valence-corrected chi connectivity index (χ2v) is 1.96. The summed E-state index contributed by atoms with van der Waals surface area (Å²) in [5.41, 5.74) is 6.50. The highest BCUT2D eigenvalue weighted by molar-refractivity contribution is 5.85. The Balaban J connectivity index is 0. The van der Waals surface area contributed by atoms with E-state index in [1.165, 1.54) is 6.33 Å². The molecule has 0 bridgehead atoms. The molecule has 11 heavy (non-hydrogen) atoms. The third kappa shape index (κ3) is 4.14. The molecule has 0 aromatic carbocycles. The van der Waals surface area contributed by atoms with Crippen LogP contribution in [0.2, 0.25) is 0 Å². The van der Waals surface area contributed by atoms with E-state index in [4.69, 9.17) is 5.73 Å². The van der Waals surface area contributed by atoms with Crippen LogP contribution in [-0.4, -0.2) is 9.97 Å². The number of hydrogen-bond acceptors (Lipinski definition) is 3. The number of aromatic nitrogens is 2. The largest absolute Gasteiger partial charge is 0.324 e. The van der Waals surface area contributed by atoms with Crippen molar-refractivity contribution < 1.29 is 0 Å². The summed E-state index contributed by atoms with van der Waals surface area (Å²) in [5.74, 6) is 0. The van der Waals surface area contributed by atoms with Crippen LogP contribution in [0.4, 0.5) is 0 Å². The first-order chi connectivity index (χ1) is 4.30. The Morgan fingerprint density at radius 1 is 1.27 bits per heavy atom. The minimum Gasteiger partial charge on any atom is -0.324 e. The first-order valence-electron chi connectivity index (χ1n) is 2.81. The van der Waals surface area contributed by atoms with Crippen molar-refractivity contribution in [1.82, 2.24) is 9.97 Å². The van der Waals surface area contributed by atoms with Crippen LogP contribution in [0.3, 0.4) is 0 Å². The lowest BCUT2D eigenvalue weighted by Gasteiger charge is -2.00. The first kappa shape index (κ1) is 13.2. The van der Waals surface area contributed by atoms with Gasteiger partial charge < -0.3 is 5.73 Å². The van der Waals surface area contributed by atoms with Gasteiger partial charge in [0.15, 0.2) is 0 Å². The molecule has 64 valence electrons. The van der Waals surface area contributed by atoms with Gasteiger partial charge in [0, 0.05) is 24.0 Å². The standard InChI is InChI=1S/C6H9N3.2ClH/c1-5(7)6-2-8-4-9-3-6;;/h2-5H,7H2,1H3;2*1H/t5-;;/m0../s1. The quantitative estimate of drug-likeness (QED) is 0.737. The highest BCUT2D eigenvalue weighted by atomic mass is 35.5. The average Bonchev–Trinajstić information content (AvgIpc) is 1.90. The lowest BCUT2D eigenvalue weighted by atomic mass is 10.2. The molecule has 1 rings (SSSR count). The van der Waals surface area contributed by atoms with Crippen molar-refractivity contribution in [3.63, 3.8) is 0 Å². The predicted molar refractivity (Wildman–Crippen MR) is 49.1 cm³/mol. The lowest BCUT2D eigenvalue weighted by molar-refractivity contribution is 0.802. The van der Waals surface area contributed by atoms with Gasteiger partial charge in [0.1, 0.15) is 6.33 Å². The maximum Gasteiger partial charge on any atom is 0.115 e. The Bertz CT molecular complexity index is 178. The average molecular weight is 196 g/mol. The van der Waals surface area contributed by atoms with Crippen molar-refractivity contribution in [3.8, 4) is 0 Å². The van der Waals surface area contributed by atoms with Gasteiger partial charge in [-0.15, -0.1) is 24.8 Å². The number of nitrogens with zero attached hydrogens (tertiary/aromatic N) is 2. The van der Waals surface area contributed by atoms with Crippen molar-refractivity contribution in [2.75, 3.05) is 0 Å². The molecule has 0 aliphatic heterocycles. The van der Waals surface area contributed by atoms with Gasteiger partial charge in [-0.05, 0) is 6.92 Å². The second-order valence-electron chi connectivity index (χ2n) is 1.96. The maximum absolute atomic E-state index is 5.53. The molecule has 2 N–H and O–H groups in total. The molecule has 0 amide bonds. The Morgan fingerprint density at radius 2 is 1.73 bits per heavy atom. The van der Waals surface area contributed by atoms with Crippen LogP contribution in [0, 0.1) is 0 Å². The molecule has 0 aliphatic carbocycles. The highest BCUT2D eigenvalue weighted by Gasteiger charge is 1.95. The van der Waals surface area contributed by atoms with E-state index in [0.29, 0.717) is 0 Å². The van der Waals surface area contributed by atoms with Gasteiger partial charge in [-0.2, -0.15) is 0 Å². The van der Waals surface area contributed by atoms with Crippen LogP contribution >= 0.6 is 24.8 Å². The zero-order valence-corrected chi connectivity index (χ0v) is 7.73. The van der Waals surface area contributed by atoms with Gasteiger partial charge >= 0.3 is 0 Å². The zero-order chi connectivity index (χ0) is 6.69. The van der Waals surface area contributed by atoms with E-state index in [0.717, 1.165) is 5.56 Å². The van der Waals surface area contributed by atoms with Crippen LogP contribution in [-0.2, 0) is 0 Å². The summed E-state index contributed by atoms with van der Waals surface area (Å²) in [4.78, 5) is 7.63. The summed E-state index contributed by atoms with van der Waals surface area (Å²) in [6.07, 6.45) is 4.93. The lowest BCUT2D eigenvalue weighted by Crippen LogP contribution is -2.05.